The highest BCUT2D eigenvalue weighted by Gasteiger charge is 2.36. The topological polar surface area (TPSA) is 29.3 Å². The lowest BCUT2D eigenvalue weighted by molar-refractivity contribution is -0.0965. The second-order valence-corrected chi connectivity index (χ2v) is 5.98. The summed E-state index contributed by atoms with van der Waals surface area (Å²) >= 11 is 1.61. The normalized spacial score (nSPS) is 20.6. The summed E-state index contributed by atoms with van der Waals surface area (Å²) in [5.74, 6) is 0. The van der Waals surface area contributed by atoms with E-state index in [9.17, 15) is 13.2 Å². The first-order valence-electron chi connectivity index (χ1n) is 6.72. The molecule has 0 amide bonds. The van der Waals surface area contributed by atoms with Crippen LogP contribution in [0.25, 0.3) is 0 Å². The van der Waals surface area contributed by atoms with Crippen LogP contribution < -0.4 is 5.73 Å². The molecule has 1 aliphatic rings. The van der Waals surface area contributed by atoms with E-state index in [1.807, 2.05) is 24.4 Å². The van der Waals surface area contributed by atoms with Crippen molar-refractivity contribution in [3.63, 3.8) is 0 Å². The first-order chi connectivity index (χ1) is 9.43. The summed E-state index contributed by atoms with van der Waals surface area (Å²) in [5, 5.41) is 1.98. The highest BCUT2D eigenvalue weighted by atomic mass is 32.1. The molecule has 0 bridgehead atoms. The number of hydrogen-bond acceptors (Lipinski definition) is 3. The van der Waals surface area contributed by atoms with Gasteiger partial charge in [0.25, 0.3) is 0 Å². The summed E-state index contributed by atoms with van der Waals surface area (Å²) in [6, 6.07) is 3.91. The molecule has 2 nitrogen and oxygen atoms in total. The Bertz CT molecular complexity index is 453. The molecule has 2 heterocycles. The van der Waals surface area contributed by atoms with E-state index in [-0.39, 0.29) is 18.5 Å². The zero-order valence-corrected chi connectivity index (χ0v) is 12.2. The van der Waals surface area contributed by atoms with Crippen LogP contribution in [0, 0.1) is 0 Å². The van der Waals surface area contributed by atoms with Crippen LogP contribution in [0.4, 0.5) is 13.2 Å². The van der Waals surface area contributed by atoms with Gasteiger partial charge in [0.2, 0.25) is 0 Å². The number of thiophene rings is 1. The second-order valence-electron chi connectivity index (χ2n) is 5.00. The third kappa shape index (κ3) is 3.42. The average Bonchev–Trinajstić information content (AvgIpc) is 2.92. The Morgan fingerprint density at radius 2 is 2.20 bits per heavy atom. The highest BCUT2D eigenvalue weighted by Crippen LogP contribution is 2.35. The highest BCUT2D eigenvalue weighted by molar-refractivity contribution is 7.10. The van der Waals surface area contributed by atoms with E-state index in [4.69, 9.17) is 5.73 Å². The molecule has 2 rings (SSSR count). The Labute approximate surface area is 121 Å². The van der Waals surface area contributed by atoms with E-state index in [2.05, 4.69) is 4.90 Å². The fourth-order valence-electron chi connectivity index (χ4n) is 2.54. The predicted octanol–water partition coefficient (Wildman–Crippen LogP) is 3.72. The Morgan fingerprint density at radius 1 is 1.45 bits per heavy atom. The van der Waals surface area contributed by atoms with Gasteiger partial charge in [0.15, 0.2) is 0 Å². The van der Waals surface area contributed by atoms with Crippen LogP contribution in [-0.2, 0) is 0 Å². The van der Waals surface area contributed by atoms with Crippen LogP contribution in [-0.4, -0.2) is 30.2 Å². The maximum Gasteiger partial charge on any atom is 0.412 e. The van der Waals surface area contributed by atoms with Gasteiger partial charge >= 0.3 is 6.18 Å². The smallest absolute Gasteiger partial charge is 0.326 e. The van der Waals surface area contributed by atoms with Gasteiger partial charge in [0.05, 0.1) is 6.04 Å². The summed E-state index contributed by atoms with van der Waals surface area (Å²) in [5.41, 5.74) is 5.77. The maximum atomic E-state index is 12.7. The van der Waals surface area contributed by atoms with Crippen LogP contribution in [0.5, 0.6) is 0 Å². The summed E-state index contributed by atoms with van der Waals surface area (Å²) in [6.07, 6.45) is -2.05. The van der Waals surface area contributed by atoms with Crippen LogP contribution in [0.2, 0.25) is 0 Å². The minimum atomic E-state index is -4.20. The number of rotatable bonds is 4. The first-order valence-corrected chi connectivity index (χ1v) is 7.60. The van der Waals surface area contributed by atoms with Gasteiger partial charge in [-0.3, -0.25) is 4.90 Å². The van der Waals surface area contributed by atoms with E-state index in [0.717, 1.165) is 11.3 Å². The molecule has 6 heteroatoms. The molecule has 0 radical (unpaired) electrons. The van der Waals surface area contributed by atoms with Crippen LogP contribution in [0.15, 0.2) is 29.2 Å². The number of nitrogens with two attached hydrogens (primary N) is 1. The molecule has 0 aliphatic carbocycles. The van der Waals surface area contributed by atoms with E-state index in [1.54, 1.807) is 11.3 Å². The van der Waals surface area contributed by atoms with Crippen molar-refractivity contribution in [2.45, 2.75) is 38.0 Å². The Hall–Kier alpha value is -0.850. The number of nitrogens with zero attached hydrogens (tertiary/aromatic N) is 1. The van der Waals surface area contributed by atoms with E-state index in [0.29, 0.717) is 13.1 Å². The molecule has 20 heavy (non-hydrogen) atoms. The van der Waals surface area contributed by atoms with Gasteiger partial charge in [-0.2, -0.15) is 13.2 Å². The van der Waals surface area contributed by atoms with Crippen LogP contribution in [0.3, 0.4) is 0 Å². The Balaban J connectivity index is 2.15. The van der Waals surface area contributed by atoms with Crippen molar-refractivity contribution in [2.24, 2.45) is 5.73 Å². The van der Waals surface area contributed by atoms with E-state index < -0.39 is 11.7 Å². The van der Waals surface area contributed by atoms with Crippen molar-refractivity contribution >= 4 is 11.3 Å². The van der Waals surface area contributed by atoms with Gasteiger partial charge in [-0.25, -0.2) is 0 Å². The van der Waals surface area contributed by atoms with Gasteiger partial charge in [-0.1, -0.05) is 19.1 Å². The van der Waals surface area contributed by atoms with Crippen LogP contribution >= 0.6 is 11.3 Å². The van der Waals surface area contributed by atoms with Crippen molar-refractivity contribution < 1.29 is 13.2 Å². The zero-order valence-electron chi connectivity index (χ0n) is 11.4. The van der Waals surface area contributed by atoms with Gasteiger partial charge in [0.1, 0.15) is 0 Å². The minimum absolute atomic E-state index is 0.00559. The standard InChI is InChI=1S/C14H19F3N2S/c1-2-11(18)13(12-4-3-9-20-12)19-7-5-10(6-8-19)14(15,16)17/h3-5,9,11,13H,2,6-8,18H2,1H3. The third-order valence-corrected chi connectivity index (χ3v) is 4.65. The minimum Gasteiger partial charge on any atom is -0.326 e. The first kappa shape index (κ1) is 15.5. The SMILES string of the molecule is CCC(N)C(c1cccs1)N1CC=C(C(F)(F)F)CC1. The molecule has 0 saturated heterocycles. The second kappa shape index (κ2) is 6.28. The van der Waals surface area contributed by atoms with Gasteiger partial charge < -0.3 is 5.73 Å². The molecule has 0 saturated carbocycles. The van der Waals surface area contributed by atoms with Crippen molar-refractivity contribution in [1.82, 2.24) is 4.90 Å². The molecule has 1 aromatic heterocycles. The zero-order chi connectivity index (χ0) is 14.8. The van der Waals surface area contributed by atoms with Gasteiger partial charge in [-0.05, 0) is 24.3 Å². The van der Waals surface area contributed by atoms with Crippen molar-refractivity contribution in [3.8, 4) is 0 Å². The maximum absolute atomic E-state index is 12.7. The summed E-state index contributed by atoms with van der Waals surface area (Å²) in [4.78, 5) is 3.18. The molecular weight excluding hydrogens is 285 g/mol. The molecular formula is C14H19F3N2S. The van der Waals surface area contributed by atoms with Crippen LogP contribution in [0.1, 0.15) is 30.7 Å². The lowest BCUT2D eigenvalue weighted by Crippen LogP contribution is -2.43. The molecule has 2 unspecified atom stereocenters. The molecule has 1 aromatic rings. The number of halogens is 3. The average molecular weight is 304 g/mol. The molecule has 2 N–H and O–H groups in total. The number of hydrogen-bond donors (Lipinski definition) is 1. The summed E-state index contributed by atoms with van der Waals surface area (Å²) in [7, 11) is 0. The van der Waals surface area contributed by atoms with E-state index >= 15 is 0 Å². The molecule has 112 valence electrons. The summed E-state index contributed by atoms with van der Waals surface area (Å²) in [6.45, 7) is 2.72. The fraction of sp³-hybridized carbons (Fsp3) is 0.571. The lowest BCUT2D eigenvalue weighted by atomic mass is 9.99. The molecule has 0 aromatic carbocycles. The van der Waals surface area contributed by atoms with Crippen molar-refractivity contribution in [2.75, 3.05) is 13.1 Å². The fourth-order valence-corrected chi connectivity index (χ4v) is 3.47. The largest absolute Gasteiger partial charge is 0.412 e. The molecule has 0 spiro atoms. The summed E-state index contributed by atoms with van der Waals surface area (Å²) < 4.78 is 38.0. The van der Waals surface area contributed by atoms with Crippen molar-refractivity contribution in [1.29, 1.82) is 0 Å². The van der Waals surface area contributed by atoms with Crippen molar-refractivity contribution in [3.05, 3.63) is 34.0 Å². The lowest BCUT2D eigenvalue weighted by Gasteiger charge is -2.36. The van der Waals surface area contributed by atoms with Gasteiger partial charge in [-0.15, -0.1) is 11.3 Å². The monoisotopic (exact) mass is 304 g/mol. The third-order valence-electron chi connectivity index (χ3n) is 3.71. The molecule has 2 atom stereocenters. The quantitative estimate of drug-likeness (QED) is 0.859. The molecule has 1 aliphatic heterocycles. The van der Waals surface area contributed by atoms with Gasteiger partial charge in [0, 0.05) is 29.6 Å². The number of alkyl halides is 3. The Morgan fingerprint density at radius 3 is 2.65 bits per heavy atom. The predicted molar refractivity (Wildman–Crippen MR) is 75.7 cm³/mol. The molecule has 0 fully saturated rings. The Kier molecular flexibility index (Phi) is 4.88. The van der Waals surface area contributed by atoms with E-state index in [1.165, 1.54) is 6.08 Å².